The number of amides is 1. The smallest absolute Gasteiger partial charge is 0.237 e. The standard InChI is InChI=1S/C18H27N3O2/c22-18(20-10-8-16-6-4-12-23-16)17-7-1-2-11-21(17)14-15-5-3-9-19-13-15/h3,5,9,13,16-17H,1-2,4,6-8,10-12,14H2,(H,20,22)/t16-,17+/m0/s1. The summed E-state index contributed by atoms with van der Waals surface area (Å²) in [5.74, 6) is 0.173. The van der Waals surface area contributed by atoms with Gasteiger partial charge in [0.2, 0.25) is 5.91 Å². The molecule has 126 valence electrons. The van der Waals surface area contributed by atoms with Crippen LogP contribution in [0.4, 0.5) is 0 Å². The number of likely N-dealkylation sites (tertiary alicyclic amines) is 1. The molecule has 2 saturated heterocycles. The van der Waals surface area contributed by atoms with E-state index in [1.807, 2.05) is 12.3 Å². The van der Waals surface area contributed by atoms with Crippen molar-refractivity contribution in [1.29, 1.82) is 0 Å². The fourth-order valence-corrected chi connectivity index (χ4v) is 3.55. The Labute approximate surface area is 138 Å². The highest BCUT2D eigenvalue weighted by atomic mass is 16.5. The lowest BCUT2D eigenvalue weighted by molar-refractivity contribution is -0.128. The molecule has 1 aromatic rings. The molecule has 0 aromatic carbocycles. The van der Waals surface area contributed by atoms with Crippen molar-refractivity contribution >= 4 is 5.91 Å². The summed E-state index contributed by atoms with van der Waals surface area (Å²) >= 11 is 0. The van der Waals surface area contributed by atoms with Crippen LogP contribution < -0.4 is 5.32 Å². The Bertz CT molecular complexity index is 488. The van der Waals surface area contributed by atoms with Crippen LogP contribution in [0.25, 0.3) is 0 Å². The number of hydrogen-bond acceptors (Lipinski definition) is 4. The first kappa shape index (κ1) is 16.4. The van der Waals surface area contributed by atoms with E-state index in [0.29, 0.717) is 6.10 Å². The first-order chi connectivity index (χ1) is 11.3. The van der Waals surface area contributed by atoms with Crippen LogP contribution >= 0.6 is 0 Å². The number of nitrogens with zero attached hydrogens (tertiary/aromatic N) is 2. The van der Waals surface area contributed by atoms with Gasteiger partial charge < -0.3 is 10.1 Å². The summed E-state index contributed by atoms with van der Waals surface area (Å²) in [7, 11) is 0. The largest absolute Gasteiger partial charge is 0.378 e. The monoisotopic (exact) mass is 317 g/mol. The first-order valence-electron chi connectivity index (χ1n) is 8.85. The second kappa shape index (κ2) is 8.41. The van der Waals surface area contributed by atoms with Crippen molar-refractivity contribution in [3.8, 4) is 0 Å². The molecule has 1 N–H and O–H groups in total. The van der Waals surface area contributed by atoms with E-state index < -0.39 is 0 Å². The highest BCUT2D eigenvalue weighted by Gasteiger charge is 2.28. The molecule has 0 radical (unpaired) electrons. The maximum absolute atomic E-state index is 12.6. The van der Waals surface area contributed by atoms with Gasteiger partial charge in [-0.2, -0.15) is 0 Å². The van der Waals surface area contributed by atoms with Crippen molar-refractivity contribution in [2.75, 3.05) is 19.7 Å². The number of carbonyl (C=O) groups is 1. The number of ether oxygens (including phenoxy) is 1. The summed E-state index contributed by atoms with van der Waals surface area (Å²) in [5.41, 5.74) is 1.17. The van der Waals surface area contributed by atoms with Crippen molar-refractivity contribution in [2.24, 2.45) is 0 Å². The maximum Gasteiger partial charge on any atom is 0.237 e. The number of rotatable bonds is 6. The van der Waals surface area contributed by atoms with Crippen LogP contribution in [0.3, 0.4) is 0 Å². The zero-order valence-electron chi connectivity index (χ0n) is 13.7. The molecule has 0 unspecified atom stereocenters. The summed E-state index contributed by atoms with van der Waals surface area (Å²) < 4.78 is 5.61. The third kappa shape index (κ3) is 4.75. The lowest BCUT2D eigenvalue weighted by Gasteiger charge is -2.34. The number of hydrogen-bond donors (Lipinski definition) is 1. The predicted octanol–water partition coefficient (Wildman–Crippen LogP) is 2.12. The molecular weight excluding hydrogens is 290 g/mol. The molecule has 2 atom stereocenters. The van der Waals surface area contributed by atoms with Crippen LogP contribution in [-0.4, -0.2) is 47.6 Å². The lowest BCUT2D eigenvalue weighted by Crippen LogP contribution is -2.49. The molecule has 2 aliphatic heterocycles. The zero-order valence-corrected chi connectivity index (χ0v) is 13.7. The predicted molar refractivity (Wildman–Crippen MR) is 88.9 cm³/mol. The van der Waals surface area contributed by atoms with Gasteiger partial charge in [-0.05, 0) is 50.3 Å². The summed E-state index contributed by atoms with van der Waals surface area (Å²) in [5, 5.41) is 3.12. The van der Waals surface area contributed by atoms with Crippen molar-refractivity contribution < 1.29 is 9.53 Å². The van der Waals surface area contributed by atoms with Crippen LogP contribution in [0.5, 0.6) is 0 Å². The molecule has 5 heteroatoms. The lowest BCUT2D eigenvalue weighted by atomic mass is 10.0. The molecule has 2 aliphatic rings. The van der Waals surface area contributed by atoms with E-state index in [1.54, 1.807) is 6.20 Å². The molecule has 0 aliphatic carbocycles. The molecule has 3 heterocycles. The Kier molecular flexibility index (Phi) is 6.00. The minimum Gasteiger partial charge on any atom is -0.378 e. The van der Waals surface area contributed by atoms with Crippen LogP contribution in [0.1, 0.15) is 44.1 Å². The Hall–Kier alpha value is -1.46. The van der Waals surface area contributed by atoms with E-state index >= 15 is 0 Å². The van der Waals surface area contributed by atoms with Gasteiger partial charge in [0.05, 0.1) is 12.1 Å². The van der Waals surface area contributed by atoms with E-state index in [9.17, 15) is 4.79 Å². The summed E-state index contributed by atoms with van der Waals surface area (Å²) in [6, 6.07) is 4.03. The second-order valence-corrected chi connectivity index (χ2v) is 6.56. The molecule has 1 amide bonds. The number of carbonyl (C=O) groups excluding carboxylic acids is 1. The zero-order chi connectivity index (χ0) is 15.9. The Morgan fingerprint density at radius 3 is 3.09 bits per heavy atom. The van der Waals surface area contributed by atoms with E-state index in [0.717, 1.165) is 58.3 Å². The third-order valence-electron chi connectivity index (χ3n) is 4.81. The van der Waals surface area contributed by atoms with Gasteiger partial charge in [-0.15, -0.1) is 0 Å². The minimum absolute atomic E-state index is 0.00606. The molecule has 0 saturated carbocycles. The molecule has 3 rings (SSSR count). The third-order valence-corrected chi connectivity index (χ3v) is 4.81. The van der Waals surface area contributed by atoms with E-state index in [-0.39, 0.29) is 11.9 Å². The van der Waals surface area contributed by atoms with Crippen molar-refractivity contribution in [3.05, 3.63) is 30.1 Å². The van der Waals surface area contributed by atoms with Gasteiger partial charge in [0.25, 0.3) is 0 Å². The fraction of sp³-hybridized carbons (Fsp3) is 0.667. The molecule has 23 heavy (non-hydrogen) atoms. The van der Waals surface area contributed by atoms with Crippen LogP contribution in [0, 0.1) is 0 Å². The number of nitrogens with one attached hydrogen (secondary N) is 1. The van der Waals surface area contributed by atoms with Crippen LogP contribution in [0.15, 0.2) is 24.5 Å². The Morgan fingerprint density at radius 2 is 2.30 bits per heavy atom. The molecule has 0 spiro atoms. The van der Waals surface area contributed by atoms with E-state index in [1.165, 1.54) is 12.0 Å². The summed E-state index contributed by atoms with van der Waals surface area (Å²) in [6.45, 7) is 3.39. The number of piperidine rings is 1. The fourth-order valence-electron chi connectivity index (χ4n) is 3.55. The average Bonchev–Trinajstić information content (AvgIpc) is 3.09. The Balaban J connectivity index is 1.49. The molecule has 0 bridgehead atoms. The highest BCUT2D eigenvalue weighted by molar-refractivity contribution is 5.81. The van der Waals surface area contributed by atoms with E-state index in [2.05, 4.69) is 21.3 Å². The average molecular weight is 317 g/mol. The SMILES string of the molecule is O=C(NCC[C@@H]1CCCO1)[C@H]1CCCCN1Cc1cccnc1. The van der Waals surface area contributed by atoms with Crippen LogP contribution in [-0.2, 0) is 16.1 Å². The molecule has 5 nitrogen and oxygen atoms in total. The number of pyridine rings is 1. The van der Waals surface area contributed by atoms with E-state index in [4.69, 9.17) is 4.74 Å². The van der Waals surface area contributed by atoms with Crippen molar-refractivity contribution in [1.82, 2.24) is 15.2 Å². The van der Waals surface area contributed by atoms with Gasteiger partial charge >= 0.3 is 0 Å². The molecule has 2 fully saturated rings. The topological polar surface area (TPSA) is 54.5 Å². The van der Waals surface area contributed by atoms with Crippen molar-refractivity contribution in [3.63, 3.8) is 0 Å². The second-order valence-electron chi connectivity index (χ2n) is 6.56. The molecular formula is C18H27N3O2. The number of aromatic nitrogens is 1. The summed E-state index contributed by atoms with van der Waals surface area (Å²) in [6.07, 6.45) is 10.5. The highest BCUT2D eigenvalue weighted by Crippen LogP contribution is 2.20. The van der Waals surface area contributed by atoms with Gasteiger partial charge in [-0.1, -0.05) is 12.5 Å². The summed E-state index contributed by atoms with van der Waals surface area (Å²) in [4.78, 5) is 19.0. The van der Waals surface area contributed by atoms with Gasteiger partial charge in [0.1, 0.15) is 0 Å². The van der Waals surface area contributed by atoms with Gasteiger partial charge in [0, 0.05) is 32.1 Å². The molecule has 1 aromatic heterocycles. The minimum atomic E-state index is -0.00606. The van der Waals surface area contributed by atoms with Gasteiger partial charge in [0.15, 0.2) is 0 Å². The van der Waals surface area contributed by atoms with Crippen LogP contribution in [0.2, 0.25) is 0 Å². The normalized spacial score (nSPS) is 25.4. The Morgan fingerprint density at radius 1 is 1.35 bits per heavy atom. The quantitative estimate of drug-likeness (QED) is 0.873. The van der Waals surface area contributed by atoms with Gasteiger partial charge in [-0.3, -0.25) is 14.7 Å². The maximum atomic E-state index is 12.6. The first-order valence-corrected chi connectivity index (χ1v) is 8.85. The van der Waals surface area contributed by atoms with Crippen molar-refractivity contribution in [2.45, 2.75) is 57.2 Å². The van der Waals surface area contributed by atoms with Gasteiger partial charge in [-0.25, -0.2) is 0 Å².